The van der Waals surface area contributed by atoms with Crippen LogP contribution in [0, 0.1) is 5.41 Å². The summed E-state index contributed by atoms with van der Waals surface area (Å²) in [5.74, 6) is 0.278. The average Bonchev–Trinajstić information content (AvgIpc) is 2.70. The standard InChI is InChI=1S/C22H27N3O2/c26-21(22(16-24-17-22)12-18-6-2-1-3-7-18)25-11-5-9-20(14-25)27-15-19-8-4-10-23-13-19/h1-4,6-8,10,13,20,24H,5,9,11-12,14-17H2. The number of hydrogen-bond donors (Lipinski definition) is 1. The fourth-order valence-electron chi connectivity index (χ4n) is 4.06. The van der Waals surface area contributed by atoms with Gasteiger partial charge >= 0.3 is 0 Å². The molecule has 2 fully saturated rings. The van der Waals surface area contributed by atoms with Crippen LogP contribution >= 0.6 is 0 Å². The average molecular weight is 365 g/mol. The molecular formula is C22H27N3O2. The number of carbonyl (C=O) groups excluding carboxylic acids is 1. The number of pyridine rings is 1. The number of rotatable bonds is 6. The second-order valence-electron chi connectivity index (χ2n) is 7.73. The number of likely N-dealkylation sites (tertiary alicyclic amines) is 1. The maximum atomic E-state index is 13.3. The third-order valence-electron chi connectivity index (χ3n) is 5.64. The van der Waals surface area contributed by atoms with Crippen LogP contribution in [0.25, 0.3) is 0 Å². The van der Waals surface area contributed by atoms with E-state index in [2.05, 4.69) is 22.4 Å². The molecule has 1 atom stereocenters. The lowest BCUT2D eigenvalue weighted by molar-refractivity contribution is -0.149. The fraction of sp³-hybridized carbons (Fsp3) is 0.455. The number of carbonyl (C=O) groups is 1. The van der Waals surface area contributed by atoms with Crippen LogP contribution in [0.4, 0.5) is 0 Å². The molecule has 142 valence electrons. The Morgan fingerprint density at radius 3 is 2.70 bits per heavy atom. The lowest BCUT2D eigenvalue weighted by atomic mass is 9.74. The van der Waals surface area contributed by atoms with E-state index in [9.17, 15) is 4.79 Å². The number of piperidine rings is 1. The first-order valence-electron chi connectivity index (χ1n) is 9.80. The second kappa shape index (κ2) is 8.19. The van der Waals surface area contributed by atoms with Crippen LogP contribution in [-0.2, 0) is 22.6 Å². The molecule has 2 aromatic rings. The van der Waals surface area contributed by atoms with Gasteiger partial charge in [-0.3, -0.25) is 9.78 Å². The predicted molar refractivity (Wildman–Crippen MR) is 104 cm³/mol. The van der Waals surface area contributed by atoms with Gasteiger partial charge in [0.2, 0.25) is 5.91 Å². The van der Waals surface area contributed by atoms with Crippen molar-refractivity contribution < 1.29 is 9.53 Å². The van der Waals surface area contributed by atoms with E-state index < -0.39 is 0 Å². The van der Waals surface area contributed by atoms with Gasteiger partial charge in [-0.25, -0.2) is 0 Å². The third kappa shape index (κ3) is 4.20. The van der Waals surface area contributed by atoms with Crippen LogP contribution in [0.1, 0.15) is 24.0 Å². The highest BCUT2D eigenvalue weighted by molar-refractivity contribution is 5.85. The normalized spacial score (nSPS) is 21.5. The first-order valence-corrected chi connectivity index (χ1v) is 9.80. The Labute approximate surface area is 160 Å². The summed E-state index contributed by atoms with van der Waals surface area (Å²) in [6.07, 6.45) is 6.51. The van der Waals surface area contributed by atoms with E-state index >= 15 is 0 Å². The highest BCUT2D eigenvalue weighted by Crippen LogP contribution is 2.31. The van der Waals surface area contributed by atoms with Crippen molar-refractivity contribution in [3.63, 3.8) is 0 Å². The van der Waals surface area contributed by atoms with Crippen molar-refractivity contribution in [3.8, 4) is 0 Å². The maximum Gasteiger partial charge on any atom is 0.231 e. The van der Waals surface area contributed by atoms with E-state index in [4.69, 9.17) is 4.74 Å². The molecule has 1 unspecified atom stereocenters. The number of nitrogens with one attached hydrogen (secondary N) is 1. The van der Waals surface area contributed by atoms with Crippen LogP contribution in [0.5, 0.6) is 0 Å². The monoisotopic (exact) mass is 365 g/mol. The Bertz CT molecular complexity index is 747. The SMILES string of the molecule is O=C(N1CCCC(OCc2cccnc2)C1)C1(Cc2ccccc2)CNC1. The highest BCUT2D eigenvalue weighted by atomic mass is 16.5. The van der Waals surface area contributed by atoms with Crippen molar-refractivity contribution in [1.29, 1.82) is 0 Å². The van der Waals surface area contributed by atoms with Gasteiger partial charge in [-0.2, -0.15) is 0 Å². The minimum atomic E-state index is -0.299. The van der Waals surface area contributed by atoms with Gasteiger partial charge in [-0.15, -0.1) is 0 Å². The van der Waals surface area contributed by atoms with Gasteiger partial charge in [0, 0.05) is 38.6 Å². The van der Waals surface area contributed by atoms with E-state index in [1.807, 2.05) is 41.4 Å². The molecule has 5 heteroatoms. The molecule has 2 aliphatic rings. The van der Waals surface area contributed by atoms with Crippen molar-refractivity contribution >= 4 is 5.91 Å². The number of aromatic nitrogens is 1. The predicted octanol–water partition coefficient (Wildman–Crippen LogP) is 2.42. The maximum absolute atomic E-state index is 13.3. The minimum Gasteiger partial charge on any atom is -0.372 e. The van der Waals surface area contributed by atoms with Gasteiger partial charge < -0.3 is 15.0 Å². The van der Waals surface area contributed by atoms with Crippen LogP contribution in [0.15, 0.2) is 54.9 Å². The van der Waals surface area contributed by atoms with Gasteiger partial charge in [-0.1, -0.05) is 36.4 Å². The Morgan fingerprint density at radius 1 is 1.19 bits per heavy atom. The molecule has 0 saturated carbocycles. The van der Waals surface area contributed by atoms with Gasteiger partial charge in [0.15, 0.2) is 0 Å². The summed E-state index contributed by atoms with van der Waals surface area (Å²) in [5.41, 5.74) is 2.01. The molecule has 3 heterocycles. The number of benzene rings is 1. The van der Waals surface area contributed by atoms with Gasteiger partial charge in [-0.05, 0) is 36.5 Å². The Hall–Kier alpha value is -2.24. The highest BCUT2D eigenvalue weighted by Gasteiger charge is 2.47. The topological polar surface area (TPSA) is 54.5 Å². The first-order chi connectivity index (χ1) is 13.3. The smallest absolute Gasteiger partial charge is 0.231 e. The fourth-order valence-corrected chi connectivity index (χ4v) is 4.06. The summed E-state index contributed by atoms with van der Waals surface area (Å²) in [6.45, 7) is 3.60. The van der Waals surface area contributed by atoms with Crippen LogP contribution < -0.4 is 5.32 Å². The van der Waals surface area contributed by atoms with Crippen LogP contribution in [0.2, 0.25) is 0 Å². The summed E-state index contributed by atoms with van der Waals surface area (Å²) in [7, 11) is 0. The van der Waals surface area contributed by atoms with Gasteiger partial charge in [0.25, 0.3) is 0 Å². The molecule has 0 spiro atoms. The molecular weight excluding hydrogens is 338 g/mol. The lowest BCUT2D eigenvalue weighted by Gasteiger charge is -2.46. The van der Waals surface area contributed by atoms with Gasteiger partial charge in [0.1, 0.15) is 0 Å². The van der Waals surface area contributed by atoms with Gasteiger partial charge in [0.05, 0.1) is 18.1 Å². The molecule has 0 aliphatic carbocycles. The van der Waals surface area contributed by atoms with Crippen molar-refractivity contribution in [2.45, 2.75) is 32.0 Å². The molecule has 4 rings (SSSR count). The van der Waals surface area contributed by atoms with Crippen LogP contribution in [-0.4, -0.2) is 48.1 Å². The Morgan fingerprint density at radius 2 is 2.00 bits per heavy atom. The summed E-state index contributed by atoms with van der Waals surface area (Å²) < 4.78 is 6.08. The van der Waals surface area contributed by atoms with E-state index in [1.54, 1.807) is 6.20 Å². The number of nitrogens with zero attached hydrogens (tertiary/aromatic N) is 2. The molecule has 5 nitrogen and oxygen atoms in total. The summed E-state index contributed by atoms with van der Waals surface area (Å²) in [4.78, 5) is 19.5. The second-order valence-corrected chi connectivity index (χ2v) is 7.73. The zero-order valence-electron chi connectivity index (χ0n) is 15.6. The molecule has 1 aromatic heterocycles. The zero-order chi connectivity index (χ0) is 18.5. The summed E-state index contributed by atoms with van der Waals surface area (Å²) in [6, 6.07) is 14.3. The number of hydrogen-bond acceptors (Lipinski definition) is 4. The molecule has 1 amide bonds. The lowest BCUT2D eigenvalue weighted by Crippen LogP contribution is -2.64. The van der Waals surface area contributed by atoms with Crippen molar-refractivity contribution in [2.24, 2.45) is 5.41 Å². The summed E-state index contributed by atoms with van der Waals surface area (Å²) in [5, 5.41) is 3.31. The van der Waals surface area contributed by atoms with E-state index in [-0.39, 0.29) is 17.4 Å². The van der Waals surface area contributed by atoms with E-state index in [0.29, 0.717) is 13.2 Å². The molecule has 2 saturated heterocycles. The van der Waals surface area contributed by atoms with Crippen LogP contribution in [0.3, 0.4) is 0 Å². The van der Waals surface area contributed by atoms with E-state index in [0.717, 1.165) is 44.5 Å². The Balaban J connectivity index is 1.37. The quantitative estimate of drug-likeness (QED) is 0.854. The zero-order valence-corrected chi connectivity index (χ0v) is 15.6. The molecule has 2 aliphatic heterocycles. The Kier molecular flexibility index (Phi) is 5.50. The first kappa shape index (κ1) is 18.1. The third-order valence-corrected chi connectivity index (χ3v) is 5.64. The number of ether oxygens (including phenoxy) is 1. The molecule has 1 aromatic carbocycles. The number of amides is 1. The van der Waals surface area contributed by atoms with Crippen molar-refractivity contribution in [1.82, 2.24) is 15.2 Å². The minimum absolute atomic E-state index is 0.102. The van der Waals surface area contributed by atoms with E-state index in [1.165, 1.54) is 5.56 Å². The molecule has 27 heavy (non-hydrogen) atoms. The molecule has 1 N–H and O–H groups in total. The molecule has 0 bridgehead atoms. The van der Waals surface area contributed by atoms with Crippen molar-refractivity contribution in [2.75, 3.05) is 26.2 Å². The summed E-state index contributed by atoms with van der Waals surface area (Å²) >= 11 is 0. The van der Waals surface area contributed by atoms with Crippen molar-refractivity contribution in [3.05, 3.63) is 66.0 Å². The largest absolute Gasteiger partial charge is 0.372 e. The molecule has 0 radical (unpaired) electrons.